The molecule has 3 nitrogen and oxygen atoms in total. The van der Waals surface area contributed by atoms with Crippen LogP contribution in [0.3, 0.4) is 0 Å². The predicted octanol–water partition coefficient (Wildman–Crippen LogP) is 3.59. The van der Waals surface area contributed by atoms with Crippen LogP contribution in [0.2, 0.25) is 5.02 Å². The lowest BCUT2D eigenvalue weighted by molar-refractivity contribution is 0.628. The van der Waals surface area contributed by atoms with Gasteiger partial charge in [-0.2, -0.15) is 0 Å². The number of anilines is 1. The molecule has 0 atom stereocenters. The number of aromatic nitrogens is 2. The Labute approximate surface area is 110 Å². The van der Waals surface area contributed by atoms with E-state index in [0.717, 1.165) is 11.4 Å². The summed E-state index contributed by atoms with van der Waals surface area (Å²) in [6.07, 6.45) is 0. The monoisotopic (exact) mass is 265 g/mol. The van der Waals surface area contributed by atoms with Crippen LogP contribution in [0.15, 0.2) is 18.2 Å². The third kappa shape index (κ3) is 2.29. The van der Waals surface area contributed by atoms with E-state index in [1.165, 1.54) is 18.2 Å². The Balaban J connectivity index is 2.69. The molecular weight excluding hydrogens is 253 g/mol. The van der Waals surface area contributed by atoms with Gasteiger partial charge in [-0.25, -0.2) is 14.4 Å². The topological polar surface area (TPSA) is 37.8 Å². The van der Waals surface area contributed by atoms with Crippen molar-refractivity contribution >= 4 is 17.4 Å². The highest BCUT2D eigenvalue weighted by molar-refractivity contribution is 6.33. The van der Waals surface area contributed by atoms with Crippen LogP contribution in [-0.4, -0.2) is 17.0 Å². The van der Waals surface area contributed by atoms with Crippen molar-refractivity contribution in [1.29, 1.82) is 0 Å². The number of hydrogen-bond acceptors (Lipinski definition) is 3. The van der Waals surface area contributed by atoms with Gasteiger partial charge in [0.25, 0.3) is 0 Å². The molecule has 0 bridgehead atoms. The van der Waals surface area contributed by atoms with Crippen molar-refractivity contribution in [2.45, 2.75) is 13.8 Å². The van der Waals surface area contributed by atoms with E-state index in [1.807, 2.05) is 13.8 Å². The van der Waals surface area contributed by atoms with E-state index in [1.54, 1.807) is 7.05 Å². The minimum atomic E-state index is -0.350. The number of aryl methyl sites for hydroxylation is 2. The van der Waals surface area contributed by atoms with E-state index in [4.69, 9.17) is 11.6 Å². The van der Waals surface area contributed by atoms with Crippen LogP contribution in [0.5, 0.6) is 0 Å². The zero-order valence-electron chi connectivity index (χ0n) is 10.4. The van der Waals surface area contributed by atoms with Crippen LogP contribution in [0.1, 0.15) is 11.4 Å². The largest absolute Gasteiger partial charge is 0.371 e. The second-order valence-electron chi connectivity index (χ2n) is 3.97. The maximum atomic E-state index is 13.3. The smallest absolute Gasteiger partial charge is 0.152 e. The van der Waals surface area contributed by atoms with Crippen molar-refractivity contribution in [3.63, 3.8) is 0 Å². The van der Waals surface area contributed by atoms with E-state index in [2.05, 4.69) is 15.3 Å². The fraction of sp³-hybridized carbons (Fsp3) is 0.231. The van der Waals surface area contributed by atoms with Gasteiger partial charge in [0.15, 0.2) is 5.82 Å². The van der Waals surface area contributed by atoms with Crippen molar-refractivity contribution in [1.82, 2.24) is 9.97 Å². The maximum absolute atomic E-state index is 13.3. The SMILES string of the molecule is CNc1nc(C)c(C)nc1-c1cc(F)ccc1Cl. The molecule has 0 saturated carbocycles. The number of nitrogens with zero attached hydrogens (tertiary/aromatic N) is 2. The quantitative estimate of drug-likeness (QED) is 0.902. The molecule has 0 aliphatic rings. The Morgan fingerprint density at radius 2 is 1.83 bits per heavy atom. The highest BCUT2D eigenvalue weighted by Gasteiger charge is 2.14. The van der Waals surface area contributed by atoms with Gasteiger partial charge in [0.05, 0.1) is 16.4 Å². The van der Waals surface area contributed by atoms with E-state index < -0.39 is 0 Å². The van der Waals surface area contributed by atoms with Gasteiger partial charge in [0.2, 0.25) is 0 Å². The molecule has 0 aliphatic carbocycles. The Morgan fingerprint density at radius 1 is 1.17 bits per heavy atom. The van der Waals surface area contributed by atoms with Gasteiger partial charge in [-0.15, -0.1) is 0 Å². The lowest BCUT2D eigenvalue weighted by Gasteiger charge is -2.11. The number of benzene rings is 1. The van der Waals surface area contributed by atoms with Gasteiger partial charge in [0.1, 0.15) is 11.5 Å². The number of hydrogen-bond donors (Lipinski definition) is 1. The molecule has 0 amide bonds. The maximum Gasteiger partial charge on any atom is 0.152 e. The summed E-state index contributed by atoms with van der Waals surface area (Å²) in [5.74, 6) is 0.238. The summed E-state index contributed by atoms with van der Waals surface area (Å²) in [5.41, 5.74) is 2.72. The zero-order valence-corrected chi connectivity index (χ0v) is 11.1. The molecule has 2 rings (SSSR count). The first-order valence-corrected chi connectivity index (χ1v) is 5.89. The number of rotatable bonds is 2. The van der Waals surface area contributed by atoms with Crippen LogP contribution in [-0.2, 0) is 0 Å². The minimum absolute atomic E-state index is 0.350. The highest BCUT2D eigenvalue weighted by Crippen LogP contribution is 2.31. The van der Waals surface area contributed by atoms with Gasteiger partial charge in [-0.05, 0) is 32.0 Å². The minimum Gasteiger partial charge on any atom is -0.371 e. The second kappa shape index (κ2) is 4.90. The van der Waals surface area contributed by atoms with Gasteiger partial charge in [-0.3, -0.25) is 0 Å². The van der Waals surface area contributed by atoms with E-state index in [0.29, 0.717) is 22.1 Å². The molecule has 0 fully saturated rings. The molecule has 0 spiro atoms. The first-order chi connectivity index (χ1) is 8.52. The molecule has 94 valence electrons. The molecule has 2 aromatic rings. The third-order valence-electron chi connectivity index (χ3n) is 2.73. The normalized spacial score (nSPS) is 10.5. The van der Waals surface area contributed by atoms with E-state index >= 15 is 0 Å². The Bertz CT molecular complexity index is 599. The molecule has 0 unspecified atom stereocenters. The van der Waals surface area contributed by atoms with E-state index in [9.17, 15) is 4.39 Å². The Hall–Kier alpha value is -1.68. The predicted molar refractivity (Wildman–Crippen MR) is 71.5 cm³/mol. The first-order valence-electron chi connectivity index (χ1n) is 5.51. The zero-order chi connectivity index (χ0) is 13.3. The van der Waals surface area contributed by atoms with Crippen LogP contribution in [0.4, 0.5) is 10.2 Å². The lowest BCUT2D eigenvalue weighted by Crippen LogP contribution is -2.03. The Morgan fingerprint density at radius 3 is 2.50 bits per heavy atom. The fourth-order valence-corrected chi connectivity index (χ4v) is 1.85. The van der Waals surface area contributed by atoms with Crippen molar-refractivity contribution in [2.24, 2.45) is 0 Å². The molecular formula is C13H13ClFN3. The van der Waals surface area contributed by atoms with Crippen LogP contribution >= 0.6 is 11.6 Å². The summed E-state index contributed by atoms with van der Waals surface area (Å²) in [7, 11) is 1.75. The van der Waals surface area contributed by atoms with Crippen molar-refractivity contribution in [2.75, 3.05) is 12.4 Å². The summed E-state index contributed by atoms with van der Waals surface area (Å²) in [4.78, 5) is 8.82. The number of halogens is 2. The standard InChI is InChI=1S/C13H13ClFN3/c1-7-8(2)18-13(16-3)12(17-7)10-6-9(15)4-5-11(10)14/h4-6H,1-3H3,(H,16,18). The summed E-state index contributed by atoms with van der Waals surface area (Å²) in [5, 5.41) is 3.40. The van der Waals surface area contributed by atoms with Crippen molar-refractivity contribution in [3.05, 3.63) is 40.4 Å². The molecule has 1 aromatic heterocycles. The molecule has 1 heterocycles. The Kier molecular flexibility index (Phi) is 3.48. The van der Waals surface area contributed by atoms with E-state index in [-0.39, 0.29) is 5.82 Å². The molecule has 0 saturated heterocycles. The molecule has 5 heteroatoms. The van der Waals surface area contributed by atoms with Crippen LogP contribution in [0.25, 0.3) is 11.3 Å². The average molecular weight is 266 g/mol. The molecule has 0 aliphatic heterocycles. The molecule has 0 radical (unpaired) electrons. The van der Waals surface area contributed by atoms with Crippen molar-refractivity contribution < 1.29 is 4.39 Å². The van der Waals surface area contributed by atoms with Gasteiger partial charge in [-0.1, -0.05) is 11.6 Å². The van der Waals surface area contributed by atoms with Gasteiger partial charge < -0.3 is 5.32 Å². The average Bonchev–Trinajstić information content (AvgIpc) is 2.35. The first kappa shape index (κ1) is 12.8. The summed E-state index contributed by atoms with van der Waals surface area (Å²) < 4.78 is 13.3. The molecule has 18 heavy (non-hydrogen) atoms. The summed E-state index contributed by atoms with van der Waals surface area (Å²) in [6.45, 7) is 3.73. The highest BCUT2D eigenvalue weighted by atomic mass is 35.5. The number of nitrogens with one attached hydrogen (secondary N) is 1. The third-order valence-corrected chi connectivity index (χ3v) is 3.06. The van der Waals surface area contributed by atoms with Crippen LogP contribution < -0.4 is 5.32 Å². The van der Waals surface area contributed by atoms with Crippen molar-refractivity contribution in [3.8, 4) is 11.3 Å². The fourth-order valence-electron chi connectivity index (χ4n) is 1.64. The second-order valence-corrected chi connectivity index (χ2v) is 4.37. The van der Waals surface area contributed by atoms with Crippen LogP contribution in [0, 0.1) is 19.7 Å². The molecule has 1 aromatic carbocycles. The van der Waals surface area contributed by atoms with Gasteiger partial charge in [0, 0.05) is 12.6 Å². The summed E-state index contributed by atoms with van der Waals surface area (Å²) >= 11 is 6.09. The molecule has 1 N–H and O–H groups in total. The summed E-state index contributed by atoms with van der Waals surface area (Å²) in [6, 6.07) is 4.20. The lowest BCUT2D eigenvalue weighted by atomic mass is 10.1. The van der Waals surface area contributed by atoms with Gasteiger partial charge >= 0.3 is 0 Å².